The maximum atomic E-state index is 12.3. The molecule has 0 bridgehead atoms. The van der Waals surface area contributed by atoms with Crippen molar-refractivity contribution in [3.63, 3.8) is 0 Å². The van der Waals surface area contributed by atoms with E-state index in [0.29, 0.717) is 27.1 Å². The number of nitro groups is 1. The SMILES string of the molecule is C=CCn1c(=NC(=O)/C=C\c2ccc([N+](=O)[O-])cc2)sc2cc(S(N)(=O)=O)ccc21. The summed E-state index contributed by atoms with van der Waals surface area (Å²) in [6.07, 6.45) is 4.38. The molecule has 0 unspecified atom stereocenters. The van der Waals surface area contributed by atoms with Crippen molar-refractivity contribution in [1.29, 1.82) is 0 Å². The van der Waals surface area contributed by atoms with E-state index >= 15 is 0 Å². The molecule has 9 nitrogen and oxygen atoms in total. The van der Waals surface area contributed by atoms with Gasteiger partial charge in [-0.05, 0) is 42.0 Å². The van der Waals surface area contributed by atoms with Gasteiger partial charge in [0.05, 0.1) is 20.0 Å². The lowest BCUT2D eigenvalue weighted by atomic mass is 10.2. The van der Waals surface area contributed by atoms with E-state index in [2.05, 4.69) is 11.6 Å². The summed E-state index contributed by atoms with van der Waals surface area (Å²) >= 11 is 1.15. The normalized spacial score (nSPS) is 12.5. The van der Waals surface area contributed by atoms with Crippen LogP contribution >= 0.6 is 11.3 Å². The zero-order valence-corrected chi connectivity index (χ0v) is 17.1. The number of carbonyl (C=O) groups excluding carboxylic acids is 1. The van der Waals surface area contributed by atoms with Gasteiger partial charge in [0.25, 0.3) is 11.6 Å². The van der Waals surface area contributed by atoms with E-state index in [1.807, 2.05) is 0 Å². The first-order valence-electron chi connectivity index (χ1n) is 8.47. The first kappa shape index (κ1) is 21.3. The molecule has 0 saturated heterocycles. The number of allylic oxidation sites excluding steroid dienone is 1. The van der Waals surface area contributed by atoms with E-state index in [9.17, 15) is 23.3 Å². The molecular formula is C19H16N4O5S2. The van der Waals surface area contributed by atoms with Crippen LogP contribution in [0.1, 0.15) is 5.56 Å². The third-order valence-corrected chi connectivity index (χ3v) is 5.97. The maximum Gasteiger partial charge on any atom is 0.272 e. The zero-order valence-electron chi connectivity index (χ0n) is 15.5. The van der Waals surface area contributed by atoms with E-state index < -0.39 is 20.9 Å². The first-order valence-corrected chi connectivity index (χ1v) is 10.8. The number of carbonyl (C=O) groups is 1. The van der Waals surface area contributed by atoms with Crippen LogP contribution in [-0.2, 0) is 21.4 Å². The Hall–Kier alpha value is -3.41. The van der Waals surface area contributed by atoms with Crippen LogP contribution in [0.4, 0.5) is 5.69 Å². The summed E-state index contributed by atoms with van der Waals surface area (Å²) in [6.45, 7) is 4.06. The van der Waals surface area contributed by atoms with Gasteiger partial charge in [0.15, 0.2) is 4.80 Å². The number of benzene rings is 2. The highest BCUT2D eigenvalue weighted by Gasteiger charge is 2.12. The summed E-state index contributed by atoms with van der Waals surface area (Å²) in [7, 11) is -3.85. The van der Waals surface area contributed by atoms with Gasteiger partial charge < -0.3 is 4.57 Å². The number of hydrogen-bond acceptors (Lipinski definition) is 6. The predicted molar refractivity (Wildman–Crippen MR) is 114 cm³/mol. The fourth-order valence-corrected chi connectivity index (χ4v) is 4.33. The lowest BCUT2D eigenvalue weighted by Crippen LogP contribution is -2.15. The Morgan fingerprint density at radius 3 is 2.57 bits per heavy atom. The molecule has 0 radical (unpaired) electrons. The second-order valence-electron chi connectivity index (χ2n) is 6.09. The highest BCUT2D eigenvalue weighted by molar-refractivity contribution is 7.89. The minimum absolute atomic E-state index is 0.0297. The second-order valence-corrected chi connectivity index (χ2v) is 8.66. The van der Waals surface area contributed by atoms with Crippen molar-refractivity contribution in [2.45, 2.75) is 11.4 Å². The summed E-state index contributed by atoms with van der Waals surface area (Å²) in [6, 6.07) is 10.2. The van der Waals surface area contributed by atoms with Gasteiger partial charge in [0.2, 0.25) is 10.0 Å². The summed E-state index contributed by atoms with van der Waals surface area (Å²) in [5.41, 5.74) is 1.26. The number of nitro benzene ring substituents is 1. The molecule has 154 valence electrons. The van der Waals surface area contributed by atoms with Gasteiger partial charge in [0.1, 0.15) is 0 Å². The van der Waals surface area contributed by atoms with Gasteiger partial charge in [0, 0.05) is 24.8 Å². The number of nitrogens with zero attached hydrogens (tertiary/aromatic N) is 3. The number of aromatic nitrogens is 1. The molecule has 0 spiro atoms. The van der Waals surface area contributed by atoms with Crippen LogP contribution < -0.4 is 9.94 Å². The molecule has 0 aliphatic heterocycles. The third-order valence-electron chi connectivity index (χ3n) is 4.02. The van der Waals surface area contributed by atoms with Crippen molar-refractivity contribution in [1.82, 2.24) is 4.57 Å². The molecule has 11 heteroatoms. The number of primary sulfonamides is 1. The molecule has 1 heterocycles. The van der Waals surface area contributed by atoms with E-state index in [4.69, 9.17) is 5.14 Å². The molecule has 2 aromatic carbocycles. The average molecular weight is 444 g/mol. The van der Waals surface area contributed by atoms with Crippen LogP contribution in [0.3, 0.4) is 0 Å². The number of nitrogens with two attached hydrogens (primary N) is 1. The predicted octanol–water partition coefficient (Wildman–Crippen LogP) is 2.59. The highest BCUT2D eigenvalue weighted by Crippen LogP contribution is 2.21. The average Bonchev–Trinajstić information content (AvgIpc) is 3.02. The number of amides is 1. The molecule has 1 amide bonds. The number of rotatable bonds is 6. The van der Waals surface area contributed by atoms with Gasteiger partial charge in [-0.3, -0.25) is 14.9 Å². The van der Waals surface area contributed by atoms with Crippen LogP contribution in [0.2, 0.25) is 0 Å². The molecule has 3 rings (SSSR count). The quantitative estimate of drug-likeness (QED) is 0.269. The largest absolute Gasteiger partial charge is 0.312 e. The minimum atomic E-state index is -3.85. The Labute approximate surface area is 175 Å². The maximum absolute atomic E-state index is 12.3. The van der Waals surface area contributed by atoms with Gasteiger partial charge in [-0.15, -0.1) is 6.58 Å². The van der Waals surface area contributed by atoms with Crippen molar-refractivity contribution in [2.75, 3.05) is 0 Å². The first-order chi connectivity index (χ1) is 14.2. The van der Waals surface area contributed by atoms with Gasteiger partial charge in [-0.1, -0.05) is 17.4 Å². The summed E-state index contributed by atoms with van der Waals surface area (Å²) in [5.74, 6) is -0.538. The van der Waals surface area contributed by atoms with E-state index in [-0.39, 0.29) is 10.6 Å². The monoisotopic (exact) mass is 444 g/mol. The van der Waals surface area contributed by atoms with Gasteiger partial charge in [-0.25, -0.2) is 13.6 Å². The van der Waals surface area contributed by atoms with Gasteiger partial charge in [-0.2, -0.15) is 4.99 Å². The van der Waals surface area contributed by atoms with Crippen LogP contribution in [0.25, 0.3) is 16.3 Å². The van der Waals surface area contributed by atoms with Crippen molar-refractivity contribution in [3.8, 4) is 0 Å². The molecule has 1 aromatic heterocycles. The van der Waals surface area contributed by atoms with Crippen LogP contribution in [-0.4, -0.2) is 23.8 Å². The van der Waals surface area contributed by atoms with Crippen LogP contribution in [0.15, 0.2) is 71.1 Å². The fourth-order valence-electron chi connectivity index (χ4n) is 2.63. The molecule has 0 aliphatic carbocycles. The number of non-ortho nitro benzene ring substituents is 1. The Bertz CT molecular complexity index is 1350. The molecule has 0 aliphatic rings. The Balaban J connectivity index is 1.97. The summed E-state index contributed by atoms with van der Waals surface area (Å²) in [5, 5.41) is 15.9. The molecule has 2 N–H and O–H groups in total. The molecule has 3 aromatic rings. The number of thiazole rings is 1. The van der Waals surface area contributed by atoms with Gasteiger partial charge >= 0.3 is 0 Å². The molecule has 0 fully saturated rings. The van der Waals surface area contributed by atoms with Crippen molar-refractivity contribution in [3.05, 3.63) is 81.7 Å². The number of hydrogen-bond donors (Lipinski definition) is 1. The summed E-state index contributed by atoms with van der Waals surface area (Å²) < 4.78 is 25.5. The lowest BCUT2D eigenvalue weighted by molar-refractivity contribution is -0.384. The lowest BCUT2D eigenvalue weighted by Gasteiger charge is -2.02. The standard InChI is InChI=1S/C19H16N4O5S2/c1-2-11-22-16-9-8-15(30(20,27)28)12-17(16)29-19(22)21-18(24)10-5-13-3-6-14(7-4-13)23(25)26/h2-10,12H,1,11H2,(H2,20,27,28)/b10-5-,21-19?. The van der Waals surface area contributed by atoms with Crippen LogP contribution in [0, 0.1) is 10.1 Å². The smallest absolute Gasteiger partial charge is 0.272 e. The molecule has 0 atom stereocenters. The molecule has 30 heavy (non-hydrogen) atoms. The second kappa shape index (κ2) is 8.53. The minimum Gasteiger partial charge on any atom is -0.312 e. The van der Waals surface area contributed by atoms with Crippen molar-refractivity contribution in [2.24, 2.45) is 10.1 Å². The van der Waals surface area contributed by atoms with Crippen molar-refractivity contribution >= 4 is 49.2 Å². The number of fused-ring (bicyclic) bond motifs is 1. The fraction of sp³-hybridized carbons (Fsp3) is 0.0526. The Morgan fingerprint density at radius 2 is 1.97 bits per heavy atom. The van der Waals surface area contributed by atoms with Crippen molar-refractivity contribution < 1.29 is 18.1 Å². The zero-order chi connectivity index (χ0) is 21.9. The van der Waals surface area contributed by atoms with E-state index in [1.54, 1.807) is 16.7 Å². The van der Waals surface area contributed by atoms with E-state index in [0.717, 1.165) is 11.3 Å². The highest BCUT2D eigenvalue weighted by atomic mass is 32.2. The van der Waals surface area contributed by atoms with E-state index in [1.165, 1.54) is 48.6 Å². The molecule has 0 saturated carbocycles. The summed E-state index contributed by atoms with van der Waals surface area (Å²) in [4.78, 5) is 26.9. The molecular weight excluding hydrogens is 428 g/mol. The van der Waals surface area contributed by atoms with Crippen LogP contribution in [0.5, 0.6) is 0 Å². The Kier molecular flexibility index (Phi) is 6.06. The number of sulfonamides is 1. The Morgan fingerprint density at radius 1 is 1.27 bits per heavy atom. The third kappa shape index (κ3) is 4.76. The topological polar surface area (TPSA) is 138 Å².